The largest absolute Gasteiger partial charge is 0.274 e. The molecule has 2 rings (SSSR count). The van der Waals surface area contributed by atoms with Crippen molar-refractivity contribution in [3.63, 3.8) is 0 Å². The molecule has 1 aromatic carbocycles. The van der Waals surface area contributed by atoms with Gasteiger partial charge in [-0.1, -0.05) is 0 Å². The van der Waals surface area contributed by atoms with E-state index in [1.807, 2.05) is 0 Å². The Morgan fingerprint density at radius 1 is 1.36 bits per heavy atom. The van der Waals surface area contributed by atoms with E-state index < -0.39 is 4.92 Å². The Kier molecular flexibility index (Phi) is 3.00. The van der Waals surface area contributed by atoms with Crippen LogP contribution in [0.5, 0.6) is 0 Å². The first-order valence-corrected chi connectivity index (χ1v) is 3.64. The van der Waals surface area contributed by atoms with E-state index in [0.717, 1.165) is 0 Å². The van der Waals surface area contributed by atoms with Crippen molar-refractivity contribution in [3.8, 4) is 0 Å². The van der Waals surface area contributed by atoms with Gasteiger partial charge in [0.15, 0.2) is 0 Å². The molecule has 0 saturated carbocycles. The van der Waals surface area contributed by atoms with Crippen molar-refractivity contribution in [1.82, 2.24) is 15.4 Å². The number of aryl methyl sites for hydroxylation is 1. The third-order valence-electron chi connectivity index (χ3n) is 1.83. The van der Waals surface area contributed by atoms with E-state index in [2.05, 4.69) is 15.4 Å². The van der Waals surface area contributed by atoms with Crippen LogP contribution in [0.25, 0.3) is 11.0 Å². The standard InChI is InChI=1S/C7H6N4O2.Ag/c1-4-2-5-6(9-10-8-5)3-7(4)11(12)13;/h2-3H,1H3,(H,8,9,10);. The number of fused-ring (bicyclic) bond motifs is 1. The average Bonchev–Trinajstić information content (AvgIpc) is 2.48. The topological polar surface area (TPSA) is 84.7 Å². The molecule has 1 radical (unpaired) electrons. The van der Waals surface area contributed by atoms with Crippen molar-refractivity contribution >= 4 is 16.7 Å². The van der Waals surface area contributed by atoms with Gasteiger partial charge in [-0.15, -0.1) is 0 Å². The molecule has 1 aromatic heterocycles. The zero-order valence-corrected chi connectivity index (χ0v) is 8.60. The normalized spacial score (nSPS) is 9.79. The fraction of sp³-hybridized carbons (Fsp3) is 0.143. The molecule has 0 aliphatic carbocycles. The molecule has 14 heavy (non-hydrogen) atoms. The van der Waals surface area contributed by atoms with Crippen molar-refractivity contribution in [2.45, 2.75) is 6.92 Å². The third kappa shape index (κ3) is 1.67. The van der Waals surface area contributed by atoms with Crippen molar-refractivity contribution in [1.29, 1.82) is 0 Å². The van der Waals surface area contributed by atoms with Gasteiger partial charge in [-0.2, -0.15) is 15.4 Å². The zero-order chi connectivity index (χ0) is 9.42. The quantitative estimate of drug-likeness (QED) is 0.484. The predicted molar refractivity (Wildman–Crippen MR) is 45.3 cm³/mol. The molecule has 0 unspecified atom stereocenters. The van der Waals surface area contributed by atoms with E-state index >= 15 is 0 Å². The number of aromatic nitrogens is 3. The van der Waals surface area contributed by atoms with E-state index in [0.29, 0.717) is 16.6 Å². The third-order valence-corrected chi connectivity index (χ3v) is 1.83. The van der Waals surface area contributed by atoms with Crippen LogP contribution in [0.4, 0.5) is 5.69 Å². The van der Waals surface area contributed by atoms with Crippen LogP contribution >= 0.6 is 0 Å². The maximum atomic E-state index is 10.5. The van der Waals surface area contributed by atoms with Crippen LogP contribution in [-0.4, -0.2) is 20.3 Å². The minimum atomic E-state index is -0.427. The van der Waals surface area contributed by atoms with Crippen LogP contribution in [0.2, 0.25) is 0 Å². The second-order valence-corrected chi connectivity index (χ2v) is 2.71. The number of nitro benzene ring substituents is 1. The summed E-state index contributed by atoms with van der Waals surface area (Å²) in [4.78, 5) is 10.1. The number of hydrogen-bond donors (Lipinski definition) is 1. The molecule has 0 spiro atoms. The molecule has 0 atom stereocenters. The molecule has 6 nitrogen and oxygen atoms in total. The van der Waals surface area contributed by atoms with E-state index in [4.69, 9.17) is 0 Å². The summed E-state index contributed by atoms with van der Waals surface area (Å²) in [5.41, 5.74) is 1.81. The number of aromatic amines is 1. The minimum absolute atomic E-state index is 0. The molecule has 0 aliphatic rings. The first-order chi connectivity index (χ1) is 6.18. The summed E-state index contributed by atoms with van der Waals surface area (Å²) in [5.74, 6) is 0. The summed E-state index contributed by atoms with van der Waals surface area (Å²) in [5, 5.41) is 20.5. The molecule has 2 aromatic rings. The minimum Gasteiger partial charge on any atom is -0.258 e. The van der Waals surface area contributed by atoms with E-state index in [-0.39, 0.29) is 28.1 Å². The first kappa shape index (κ1) is 10.8. The molecule has 0 aliphatic heterocycles. The van der Waals surface area contributed by atoms with Gasteiger partial charge in [0, 0.05) is 34.0 Å². The molecule has 0 saturated heterocycles. The molecule has 1 N–H and O–H groups in total. The van der Waals surface area contributed by atoms with Crippen molar-refractivity contribution in [2.24, 2.45) is 0 Å². The van der Waals surface area contributed by atoms with Gasteiger partial charge >= 0.3 is 0 Å². The smallest absolute Gasteiger partial charge is 0.258 e. The van der Waals surface area contributed by atoms with Gasteiger partial charge in [-0.25, -0.2) is 0 Å². The Morgan fingerprint density at radius 3 is 2.50 bits per heavy atom. The maximum absolute atomic E-state index is 10.5. The van der Waals surface area contributed by atoms with E-state index in [9.17, 15) is 10.1 Å². The van der Waals surface area contributed by atoms with Gasteiger partial charge in [0.1, 0.15) is 11.0 Å². The van der Waals surface area contributed by atoms with Crippen LogP contribution < -0.4 is 0 Å². The summed E-state index contributed by atoms with van der Waals surface area (Å²) >= 11 is 0. The van der Waals surface area contributed by atoms with Crippen LogP contribution in [0.1, 0.15) is 5.56 Å². The number of hydrogen-bond acceptors (Lipinski definition) is 4. The summed E-state index contributed by atoms with van der Waals surface area (Å²) in [6.07, 6.45) is 0. The average molecular weight is 286 g/mol. The van der Waals surface area contributed by atoms with Gasteiger partial charge in [-0.05, 0) is 13.0 Å². The Balaban J connectivity index is 0.000000980. The molecule has 0 fully saturated rings. The number of H-pyrrole nitrogens is 1. The number of nitrogens with one attached hydrogen (secondary N) is 1. The molecule has 7 heteroatoms. The Labute approximate surface area is 94.3 Å². The fourth-order valence-electron chi connectivity index (χ4n) is 1.18. The number of nitro groups is 1. The number of rotatable bonds is 1. The SMILES string of the molecule is Cc1cc2n[nH]nc2cc1[N+](=O)[O-].[Ag]. The van der Waals surface area contributed by atoms with Gasteiger partial charge in [0.2, 0.25) is 0 Å². The van der Waals surface area contributed by atoms with E-state index in [1.54, 1.807) is 13.0 Å². The monoisotopic (exact) mass is 285 g/mol. The van der Waals surface area contributed by atoms with Gasteiger partial charge in [0.05, 0.1) is 4.92 Å². The van der Waals surface area contributed by atoms with Crippen LogP contribution in [0.3, 0.4) is 0 Å². The molecular formula is C7H6AgN4O2. The van der Waals surface area contributed by atoms with E-state index in [1.165, 1.54) is 6.07 Å². The van der Waals surface area contributed by atoms with Crippen LogP contribution in [-0.2, 0) is 22.4 Å². The van der Waals surface area contributed by atoms with Crippen molar-refractivity contribution < 1.29 is 27.3 Å². The number of benzene rings is 1. The van der Waals surface area contributed by atoms with Crippen LogP contribution in [0, 0.1) is 17.0 Å². The Morgan fingerprint density at radius 2 is 1.93 bits per heavy atom. The summed E-state index contributed by atoms with van der Waals surface area (Å²) < 4.78 is 0. The summed E-state index contributed by atoms with van der Waals surface area (Å²) in [6, 6.07) is 3.05. The molecule has 77 valence electrons. The van der Waals surface area contributed by atoms with Gasteiger partial charge in [-0.3, -0.25) is 10.1 Å². The molecule has 1 heterocycles. The van der Waals surface area contributed by atoms with Gasteiger partial charge in [0.25, 0.3) is 5.69 Å². The Hall–Kier alpha value is -1.24. The molecular weight excluding hydrogens is 280 g/mol. The van der Waals surface area contributed by atoms with Crippen molar-refractivity contribution in [2.75, 3.05) is 0 Å². The van der Waals surface area contributed by atoms with Gasteiger partial charge < -0.3 is 0 Å². The van der Waals surface area contributed by atoms with Crippen LogP contribution in [0.15, 0.2) is 12.1 Å². The molecule has 0 bridgehead atoms. The summed E-state index contributed by atoms with van der Waals surface area (Å²) in [6.45, 7) is 1.67. The van der Waals surface area contributed by atoms with Crippen molar-refractivity contribution in [3.05, 3.63) is 27.8 Å². The summed E-state index contributed by atoms with van der Waals surface area (Å²) in [7, 11) is 0. The zero-order valence-electron chi connectivity index (χ0n) is 7.11. The second kappa shape index (κ2) is 3.87. The second-order valence-electron chi connectivity index (χ2n) is 2.71. The predicted octanol–water partition coefficient (Wildman–Crippen LogP) is 1.17. The molecule has 0 amide bonds. The maximum Gasteiger partial charge on any atom is 0.274 e. The Bertz CT molecular complexity index is 481. The first-order valence-electron chi connectivity index (χ1n) is 3.64. The number of nitrogens with zero attached hydrogens (tertiary/aromatic N) is 3. The fourth-order valence-corrected chi connectivity index (χ4v) is 1.18.